The van der Waals surface area contributed by atoms with Gasteiger partial charge in [-0.25, -0.2) is 9.78 Å². The molecular formula is C20H24N4O5. The van der Waals surface area contributed by atoms with E-state index in [9.17, 15) is 14.4 Å². The quantitative estimate of drug-likeness (QED) is 0.679. The number of nitrogens with one attached hydrogen (secondary N) is 3. The van der Waals surface area contributed by atoms with Crippen LogP contribution < -0.4 is 10.6 Å². The van der Waals surface area contributed by atoms with Gasteiger partial charge in [-0.05, 0) is 38.0 Å². The summed E-state index contributed by atoms with van der Waals surface area (Å²) in [6.45, 7) is 2.06. The molecule has 0 fully saturated rings. The second-order valence-corrected chi connectivity index (χ2v) is 6.65. The Hall–Kier alpha value is -3.36. The molecule has 0 radical (unpaired) electrons. The first-order valence-electron chi connectivity index (χ1n) is 9.53. The van der Waals surface area contributed by atoms with Crippen LogP contribution in [0.4, 0.5) is 16.2 Å². The summed E-state index contributed by atoms with van der Waals surface area (Å²) in [7, 11) is 1.27. The Labute approximate surface area is 168 Å². The number of methoxy groups -OCH3 is 1. The molecule has 3 rings (SSSR count). The van der Waals surface area contributed by atoms with Crippen LogP contribution in [0.2, 0.25) is 0 Å². The summed E-state index contributed by atoms with van der Waals surface area (Å²) < 4.78 is 9.81. The average Bonchev–Trinajstić information content (AvgIpc) is 3.17. The van der Waals surface area contributed by atoms with Crippen molar-refractivity contribution in [2.75, 3.05) is 24.4 Å². The predicted molar refractivity (Wildman–Crippen MR) is 107 cm³/mol. The Morgan fingerprint density at radius 3 is 2.90 bits per heavy atom. The van der Waals surface area contributed by atoms with Gasteiger partial charge in [-0.1, -0.05) is 6.42 Å². The van der Waals surface area contributed by atoms with Gasteiger partial charge < -0.3 is 19.8 Å². The summed E-state index contributed by atoms with van der Waals surface area (Å²) in [5.41, 5.74) is 2.23. The summed E-state index contributed by atoms with van der Waals surface area (Å²) >= 11 is 0. The van der Waals surface area contributed by atoms with Crippen LogP contribution in [0.25, 0.3) is 11.3 Å². The lowest BCUT2D eigenvalue weighted by Crippen LogP contribution is -2.18. The maximum Gasteiger partial charge on any atom is 0.411 e. The molecule has 0 saturated carbocycles. The van der Waals surface area contributed by atoms with Crippen molar-refractivity contribution in [3.8, 4) is 11.3 Å². The minimum atomic E-state index is -0.608. The SMILES string of the molecule is CCOC(=O)C1CCCCC(=O)Nc2cc(NC(=O)OC)ccc2-c2c[nH]c1n2. The predicted octanol–water partition coefficient (Wildman–Crippen LogP) is 3.41. The lowest BCUT2D eigenvalue weighted by atomic mass is 10.00. The van der Waals surface area contributed by atoms with Crippen molar-refractivity contribution in [3.63, 3.8) is 0 Å². The first-order valence-corrected chi connectivity index (χ1v) is 9.53. The minimum absolute atomic E-state index is 0.148. The van der Waals surface area contributed by atoms with Gasteiger partial charge in [0.2, 0.25) is 5.91 Å². The van der Waals surface area contributed by atoms with E-state index in [0.29, 0.717) is 60.7 Å². The van der Waals surface area contributed by atoms with Crippen LogP contribution in [0.5, 0.6) is 0 Å². The number of benzene rings is 1. The molecule has 3 N–H and O–H groups in total. The second-order valence-electron chi connectivity index (χ2n) is 6.65. The Morgan fingerprint density at radius 2 is 2.14 bits per heavy atom. The average molecular weight is 400 g/mol. The number of carbonyl (C=O) groups is 3. The number of esters is 1. The van der Waals surface area contributed by atoms with Gasteiger partial charge in [-0.2, -0.15) is 0 Å². The highest BCUT2D eigenvalue weighted by Crippen LogP contribution is 2.32. The summed E-state index contributed by atoms with van der Waals surface area (Å²) in [5.74, 6) is -0.443. The number of fused-ring (bicyclic) bond motifs is 4. The Morgan fingerprint density at radius 1 is 1.31 bits per heavy atom. The number of anilines is 2. The topological polar surface area (TPSA) is 122 Å². The van der Waals surface area contributed by atoms with E-state index in [-0.39, 0.29) is 11.9 Å². The van der Waals surface area contributed by atoms with E-state index in [1.54, 1.807) is 31.3 Å². The smallest absolute Gasteiger partial charge is 0.411 e. The third-order valence-corrected chi connectivity index (χ3v) is 4.65. The number of nitrogens with zero attached hydrogens (tertiary/aromatic N) is 1. The van der Waals surface area contributed by atoms with E-state index in [4.69, 9.17) is 4.74 Å². The standard InChI is InChI=1S/C20H24N4O5/c1-3-29-19(26)14-6-4-5-7-17(25)23-15-10-12(22-20(27)28-2)8-9-13(15)16-11-21-18(14)24-16/h8-11,14H,3-7H2,1-2H3,(H,21,24)(H,22,27)(H,23,25). The van der Waals surface area contributed by atoms with Crippen LogP contribution >= 0.6 is 0 Å². The largest absolute Gasteiger partial charge is 0.465 e. The molecule has 9 nitrogen and oxygen atoms in total. The molecule has 1 aromatic heterocycles. The molecule has 2 aromatic rings. The normalized spacial score (nSPS) is 16.5. The fraction of sp³-hybridized carbons (Fsp3) is 0.400. The Bertz CT molecular complexity index is 908. The van der Waals surface area contributed by atoms with Crippen LogP contribution in [0.1, 0.15) is 44.3 Å². The van der Waals surface area contributed by atoms with E-state index in [1.807, 2.05) is 0 Å². The van der Waals surface area contributed by atoms with Crippen LogP contribution in [-0.2, 0) is 19.1 Å². The molecule has 0 aliphatic carbocycles. The van der Waals surface area contributed by atoms with E-state index >= 15 is 0 Å². The van der Waals surface area contributed by atoms with Crippen molar-refractivity contribution in [3.05, 3.63) is 30.2 Å². The van der Waals surface area contributed by atoms with Crippen LogP contribution in [-0.4, -0.2) is 41.7 Å². The highest BCUT2D eigenvalue weighted by molar-refractivity contribution is 5.97. The van der Waals surface area contributed by atoms with Gasteiger partial charge in [-0.15, -0.1) is 0 Å². The Kier molecular flexibility index (Phi) is 6.48. The lowest BCUT2D eigenvalue weighted by Gasteiger charge is -2.15. The number of ether oxygens (including phenoxy) is 2. The number of imidazole rings is 1. The maximum absolute atomic E-state index is 12.4. The molecule has 0 saturated heterocycles. The fourth-order valence-electron chi connectivity index (χ4n) is 3.23. The van der Waals surface area contributed by atoms with Crippen molar-refractivity contribution in [2.24, 2.45) is 0 Å². The van der Waals surface area contributed by atoms with Gasteiger partial charge in [-0.3, -0.25) is 14.9 Å². The monoisotopic (exact) mass is 400 g/mol. The van der Waals surface area contributed by atoms with E-state index < -0.39 is 12.0 Å². The van der Waals surface area contributed by atoms with Crippen LogP contribution in [0.15, 0.2) is 24.4 Å². The van der Waals surface area contributed by atoms with E-state index in [0.717, 1.165) is 0 Å². The van der Waals surface area contributed by atoms with Crippen molar-refractivity contribution in [1.29, 1.82) is 0 Å². The number of hydrogen-bond acceptors (Lipinski definition) is 6. The van der Waals surface area contributed by atoms with E-state index in [2.05, 4.69) is 25.3 Å². The zero-order valence-corrected chi connectivity index (χ0v) is 16.4. The zero-order chi connectivity index (χ0) is 20.8. The van der Waals surface area contributed by atoms with Crippen LogP contribution in [0.3, 0.4) is 0 Å². The van der Waals surface area contributed by atoms with Gasteiger partial charge >= 0.3 is 12.1 Å². The highest BCUT2D eigenvalue weighted by Gasteiger charge is 2.26. The van der Waals surface area contributed by atoms with Crippen molar-refractivity contribution < 1.29 is 23.9 Å². The molecule has 0 spiro atoms. The van der Waals surface area contributed by atoms with Crippen LogP contribution in [0, 0.1) is 0 Å². The highest BCUT2D eigenvalue weighted by atomic mass is 16.5. The number of H-pyrrole nitrogens is 1. The molecule has 29 heavy (non-hydrogen) atoms. The lowest BCUT2D eigenvalue weighted by molar-refractivity contribution is -0.145. The number of hydrogen-bond donors (Lipinski definition) is 3. The number of aromatic nitrogens is 2. The Balaban J connectivity index is 2.00. The maximum atomic E-state index is 12.4. The summed E-state index contributed by atoms with van der Waals surface area (Å²) in [6, 6.07) is 5.07. The first-order chi connectivity index (χ1) is 14.0. The van der Waals surface area contributed by atoms with E-state index in [1.165, 1.54) is 7.11 Å². The molecule has 1 unspecified atom stereocenters. The number of aromatic amines is 1. The number of rotatable bonds is 3. The van der Waals surface area contributed by atoms with Gasteiger partial charge in [0.15, 0.2) is 0 Å². The summed E-state index contributed by atoms with van der Waals surface area (Å²) in [6.07, 6.45) is 3.27. The molecule has 1 aromatic carbocycles. The molecule has 9 heteroatoms. The van der Waals surface area contributed by atoms with Crippen molar-refractivity contribution in [2.45, 2.75) is 38.5 Å². The van der Waals surface area contributed by atoms with Crippen molar-refractivity contribution in [1.82, 2.24) is 9.97 Å². The first kappa shape index (κ1) is 20.4. The molecule has 1 aliphatic heterocycles. The molecule has 1 atom stereocenters. The number of carbonyl (C=O) groups excluding carboxylic acids is 3. The zero-order valence-electron chi connectivity index (χ0n) is 16.4. The van der Waals surface area contributed by atoms with Crippen molar-refractivity contribution >= 4 is 29.3 Å². The summed E-state index contributed by atoms with van der Waals surface area (Å²) in [4.78, 5) is 43.9. The third kappa shape index (κ3) is 4.92. The van der Waals surface area contributed by atoms with Gasteiger partial charge in [0.05, 0.1) is 25.1 Å². The third-order valence-electron chi connectivity index (χ3n) is 4.65. The molecule has 1 aliphatic rings. The number of amides is 2. The molecule has 2 amide bonds. The van der Waals surface area contributed by atoms with Gasteiger partial charge in [0, 0.05) is 23.9 Å². The molecule has 2 bridgehead atoms. The fourth-order valence-corrected chi connectivity index (χ4v) is 3.23. The second kappa shape index (κ2) is 9.22. The molecule has 2 heterocycles. The minimum Gasteiger partial charge on any atom is -0.465 e. The molecule has 154 valence electrons. The van der Waals surface area contributed by atoms with Gasteiger partial charge in [0.1, 0.15) is 11.7 Å². The summed E-state index contributed by atoms with van der Waals surface area (Å²) in [5, 5.41) is 5.46. The van der Waals surface area contributed by atoms with Gasteiger partial charge in [0.25, 0.3) is 0 Å². The molecular weight excluding hydrogens is 376 g/mol.